The molecule has 6 heteroatoms. The van der Waals surface area contributed by atoms with Crippen molar-refractivity contribution >= 4 is 39.1 Å². The van der Waals surface area contributed by atoms with E-state index >= 15 is 0 Å². The minimum absolute atomic E-state index is 0.271. The third kappa shape index (κ3) is 4.36. The zero-order valence-corrected chi connectivity index (χ0v) is 14.4. The number of ether oxygens (including phenoxy) is 1. The molecule has 0 saturated carbocycles. The minimum Gasteiger partial charge on any atom is -0.491 e. The summed E-state index contributed by atoms with van der Waals surface area (Å²) in [6, 6.07) is 2.73. The van der Waals surface area contributed by atoms with Gasteiger partial charge in [-0.05, 0) is 40.4 Å². The Labute approximate surface area is 133 Å². The average molecular weight is 364 g/mol. The number of anilines is 1. The largest absolute Gasteiger partial charge is 0.491 e. The van der Waals surface area contributed by atoms with Crippen molar-refractivity contribution in [3.05, 3.63) is 21.6 Å². The minimum atomic E-state index is -0.630. The van der Waals surface area contributed by atoms with E-state index in [0.29, 0.717) is 27.5 Å². The number of hydrogen-bond acceptors (Lipinski definition) is 3. The first kappa shape index (κ1) is 17.3. The fraction of sp³-hybridized carbons (Fsp3) is 0.500. The Morgan fingerprint density at radius 1 is 1.50 bits per heavy atom. The van der Waals surface area contributed by atoms with Gasteiger partial charge in [0.25, 0.3) is 0 Å². The first-order chi connectivity index (χ1) is 9.16. The van der Waals surface area contributed by atoms with Crippen LogP contribution in [0.3, 0.4) is 0 Å². The Balaban J connectivity index is 3.05. The number of rotatable bonds is 4. The molecule has 3 N–H and O–H groups in total. The molecule has 1 atom stereocenters. The average Bonchev–Trinajstić information content (AvgIpc) is 2.31. The van der Waals surface area contributed by atoms with Crippen LogP contribution in [0.15, 0.2) is 16.6 Å². The second-order valence-corrected chi connectivity index (χ2v) is 6.82. The van der Waals surface area contributed by atoms with Gasteiger partial charge in [0.1, 0.15) is 0 Å². The van der Waals surface area contributed by atoms with Crippen molar-refractivity contribution in [3.63, 3.8) is 0 Å². The van der Waals surface area contributed by atoms with Crippen molar-refractivity contribution in [2.75, 3.05) is 11.9 Å². The molecular formula is C14H20BrClN2O2. The maximum atomic E-state index is 12.2. The third-order valence-electron chi connectivity index (χ3n) is 2.77. The number of nitrogens with two attached hydrogens (primary N) is 1. The zero-order valence-electron chi connectivity index (χ0n) is 12.1. The van der Waals surface area contributed by atoms with Crippen LogP contribution in [0.25, 0.3) is 0 Å². The molecule has 0 aliphatic rings. The molecule has 4 nitrogen and oxygen atoms in total. The molecule has 0 aromatic heterocycles. The molecule has 0 radical (unpaired) electrons. The number of hydrogen-bond donors (Lipinski definition) is 2. The zero-order chi connectivity index (χ0) is 15.5. The summed E-state index contributed by atoms with van der Waals surface area (Å²) in [5.41, 5.74) is 6.13. The topological polar surface area (TPSA) is 64.3 Å². The van der Waals surface area contributed by atoms with Gasteiger partial charge in [0, 0.05) is 5.02 Å². The van der Waals surface area contributed by atoms with E-state index in [1.165, 1.54) is 0 Å². The van der Waals surface area contributed by atoms with E-state index in [-0.39, 0.29) is 11.3 Å². The van der Waals surface area contributed by atoms with Gasteiger partial charge in [-0.1, -0.05) is 32.4 Å². The van der Waals surface area contributed by atoms with Gasteiger partial charge in [-0.25, -0.2) is 0 Å². The smallest absolute Gasteiger partial charge is 0.241 e. The van der Waals surface area contributed by atoms with Gasteiger partial charge < -0.3 is 15.8 Å². The lowest BCUT2D eigenvalue weighted by atomic mass is 9.87. The van der Waals surface area contributed by atoms with Gasteiger partial charge in [-0.3, -0.25) is 4.79 Å². The fourth-order valence-electron chi connectivity index (χ4n) is 1.55. The van der Waals surface area contributed by atoms with Crippen LogP contribution >= 0.6 is 27.5 Å². The van der Waals surface area contributed by atoms with Gasteiger partial charge >= 0.3 is 0 Å². The molecule has 0 aliphatic carbocycles. The van der Waals surface area contributed by atoms with Gasteiger partial charge in [0.15, 0.2) is 5.75 Å². The first-order valence-corrected chi connectivity index (χ1v) is 7.52. The van der Waals surface area contributed by atoms with E-state index in [4.69, 9.17) is 22.1 Å². The number of benzene rings is 1. The molecule has 0 fully saturated rings. The molecule has 20 heavy (non-hydrogen) atoms. The van der Waals surface area contributed by atoms with Crippen molar-refractivity contribution in [3.8, 4) is 5.75 Å². The van der Waals surface area contributed by atoms with Crippen LogP contribution in [0.1, 0.15) is 27.7 Å². The molecule has 1 aromatic rings. The predicted molar refractivity (Wildman–Crippen MR) is 86.4 cm³/mol. The summed E-state index contributed by atoms with van der Waals surface area (Å²) >= 11 is 9.38. The second-order valence-electron chi connectivity index (χ2n) is 5.53. The Morgan fingerprint density at radius 3 is 2.60 bits per heavy atom. The highest BCUT2D eigenvalue weighted by atomic mass is 79.9. The number of amides is 1. The highest BCUT2D eigenvalue weighted by Gasteiger charge is 2.28. The van der Waals surface area contributed by atoms with Gasteiger partial charge in [-0.2, -0.15) is 0 Å². The van der Waals surface area contributed by atoms with Crippen molar-refractivity contribution < 1.29 is 9.53 Å². The van der Waals surface area contributed by atoms with Crippen molar-refractivity contribution in [2.45, 2.75) is 33.7 Å². The van der Waals surface area contributed by atoms with E-state index in [0.717, 1.165) is 0 Å². The van der Waals surface area contributed by atoms with E-state index in [1.807, 2.05) is 27.7 Å². The molecule has 1 rings (SSSR count). The summed E-state index contributed by atoms with van der Waals surface area (Å²) in [4.78, 5) is 12.2. The number of halogens is 2. The third-order valence-corrected chi connectivity index (χ3v) is 3.58. The van der Waals surface area contributed by atoms with E-state index in [9.17, 15) is 4.79 Å². The molecule has 112 valence electrons. The Hall–Kier alpha value is -0.780. The van der Waals surface area contributed by atoms with Crippen molar-refractivity contribution in [1.82, 2.24) is 0 Å². The Kier molecular flexibility index (Phi) is 5.86. The number of carbonyl (C=O) groups is 1. The summed E-state index contributed by atoms with van der Waals surface area (Å²) in [6.45, 7) is 8.08. The van der Waals surface area contributed by atoms with Crippen LogP contribution in [-0.4, -0.2) is 18.6 Å². The summed E-state index contributed by atoms with van der Waals surface area (Å²) in [6.07, 6.45) is 0. The fourth-order valence-corrected chi connectivity index (χ4v) is 2.47. The number of nitrogens with one attached hydrogen (secondary N) is 1. The molecular weight excluding hydrogens is 344 g/mol. The molecule has 0 bridgehead atoms. The molecule has 0 unspecified atom stereocenters. The lowest BCUT2D eigenvalue weighted by molar-refractivity contribution is -0.119. The lowest BCUT2D eigenvalue weighted by Gasteiger charge is -2.26. The van der Waals surface area contributed by atoms with Crippen LogP contribution in [0, 0.1) is 5.41 Å². The van der Waals surface area contributed by atoms with Crippen LogP contribution in [0.2, 0.25) is 5.02 Å². The van der Waals surface area contributed by atoms with Crippen LogP contribution < -0.4 is 15.8 Å². The van der Waals surface area contributed by atoms with Crippen molar-refractivity contribution in [2.24, 2.45) is 11.1 Å². The maximum absolute atomic E-state index is 12.2. The van der Waals surface area contributed by atoms with Crippen LogP contribution in [-0.2, 0) is 4.79 Å². The van der Waals surface area contributed by atoms with E-state index < -0.39 is 6.04 Å². The van der Waals surface area contributed by atoms with E-state index in [1.54, 1.807) is 12.1 Å². The summed E-state index contributed by atoms with van der Waals surface area (Å²) in [7, 11) is 0. The maximum Gasteiger partial charge on any atom is 0.241 e. The molecule has 1 aromatic carbocycles. The Morgan fingerprint density at radius 2 is 2.10 bits per heavy atom. The highest BCUT2D eigenvalue weighted by Crippen LogP contribution is 2.37. The van der Waals surface area contributed by atoms with Gasteiger partial charge in [0.2, 0.25) is 5.91 Å². The standard InChI is InChI=1S/C14H20BrClN2O2/c1-5-20-11-9(15)6-8(16)7-10(11)18-13(19)12(17)14(2,3)4/h6-7,12H,5,17H2,1-4H3,(H,18,19)/t12-/m1/s1. The summed E-state index contributed by atoms with van der Waals surface area (Å²) in [5, 5.41) is 3.28. The molecule has 0 spiro atoms. The lowest BCUT2D eigenvalue weighted by Crippen LogP contribution is -2.45. The second kappa shape index (κ2) is 6.78. The summed E-state index contributed by atoms with van der Waals surface area (Å²) in [5.74, 6) is 0.277. The molecule has 0 aliphatic heterocycles. The van der Waals surface area contributed by atoms with Crippen molar-refractivity contribution in [1.29, 1.82) is 0 Å². The highest BCUT2D eigenvalue weighted by molar-refractivity contribution is 9.10. The van der Waals surface area contributed by atoms with Gasteiger partial charge in [-0.15, -0.1) is 0 Å². The normalized spacial score (nSPS) is 12.9. The Bertz CT molecular complexity index is 501. The molecule has 0 heterocycles. The SMILES string of the molecule is CCOc1c(Br)cc(Cl)cc1NC(=O)[C@@H](N)C(C)(C)C. The summed E-state index contributed by atoms with van der Waals surface area (Å²) < 4.78 is 6.21. The molecule has 0 saturated heterocycles. The van der Waals surface area contributed by atoms with E-state index in [2.05, 4.69) is 21.2 Å². The van der Waals surface area contributed by atoms with Crippen LogP contribution in [0.5, 0.6) is 5.75 Å². The number of carbonyl (C=O) groups excluding carboxylic acids is 1. The quantitative estimate of drug-likeness (QED) is 0.855. The predicted octanol–water partition coefficient (Wildman–Crippen LogP) is 3.81. The molecule has 1 amide bonds. The first-order valence-electron chi connectivity index (χ1n) is 6.35. The van der Waals surface area contributed by atoms with Gasteiger partial charge in [0.05, 0.1) is 22.8 Å². The van der Waals surface area contributed by atoms with Crippen LogP contribution in [0.4, 0.5) is 5.69 Å². The monoisotopic (exact) mass is 362 g/mol.